The van der Waals surface area contributed by atoms with E-state index >= 15 is 0 Å². The van der Waals surface area contributed by atoms with Gasteiger partial charge in [0.05, 0.1) is 13.0 Å². The van der Waals surface area contributed by atoms with Crippen LogP contribution in [0.2, 0.25) is 0 Å². The number of carbonyl (C=O) groups is 6. The molecule has 0 aliphatic carbocycles. The summed E-state index contributed by atoms with van der Waals surface area (Å²) in [6.45, 7) is 4.53. The van der Waals surface area contributed by atoms with Crippen LogP contribution in [-0.4, -0.2) is 66.7 Å². The lowest BCUT2D eigenvalue weighted by molar-refractivity contribution is -0.134. The second kappa shape index (κ2) is 14.7. The van der Waals surface area contributed by atoms with Crippen LogP contribution < -0.4 is 38.5 Å². The fourth-order valence-corrected chi connectivity index (χ4v) is 2.74. The van der Waals surface area contributed by atoms with Crippen molar-refractivity contribution in [2.24, 2.45) is 23.1 Å². The van der Waals surface area contributed by atoms with Gasteiger partial charge >= 0.3 is 0 Å². The molecule has 0 aliphatic heterocycles. The van der Waals surface area contributed by atoms with Gasteiger partial charge in [0.15, 0.2) is 0 Å². The molecule has 32 heavy (non-hydrogen) atoms. The average molecular weight is 458 g/mol. The van der Waals surface area contributed by atoms with Gasteiger partial charge in [-0.25, -0.2) is 0 Å². The molecule has 0 saturated heterocycles. The van der Waals surface area contributed by atoms with Gasteiger partial charge in [-0.15, -0.1) is 0 Å². The largest absolute Gasteiger partial charge is 0.370 e. The first kappa shape index (κ1) is 28.8. The summed E-state index contributed by atoms with van der Waals surface area (Å²) in [4.78, 5) is 71.2. The molecule has 0 rings (SSSR count). The van der Waals surface area contributed by atoms with Crippen LogP contribution in [0.1, 0.15) is 46.5 Å². The molecular weight excluding hydrogens is 422 g/mol. The van der Waals surface area contributed by atoms with E-state index in [0.29, 0.717) is 25.8 Å². The zero-order chi connectivity index (χ0) is 24.8. The fraction of sp³-hybridized carbons (Fsp3) is 0.684. The van der Waals surface area contributed by atoms with E-state index in [1.807, 2.05) is 0 Å². The van der Waals surface area contributed by atoms with Gasteiger partial charge in [-0.05, 0) is 31.7 Å². The molecule has 0 unspecified atom stereocenters. The molecule has 0 fully saturated rings. The minimum Gasteiger partial charge on any atom is -0.370 e. The molecule has 0 spiro atoms. The number of nitrogens with two attached hydrogens (primary N) is 3. The van der Waals surface area contributed by atoms with Crippen molar-refractivity contribution in [3.8, 4) is 0 Å². The Morgan fingerprint density at radius 1 is 0.844 bits per heavy atom. The molecule has 0 saturated carbocycles. The third-order valence-corrected chi connectivity index (χ3v) is 4.39. The van der Waals surface area contributed by atoms with Gasteiger partial charge in [-0.1, -0.05) is 13.8 Å². The highest BCUT2D eigenvalue weighted by molar-refractivity contribution is 5.96. The van der Waals surface area contributed by atoms with Gasteiger partial charge in [0.25, 0.3) is 0 Å². The molecule has 0 aromatic rings. The summed E-state index contributed by atoms with van der Waals surface area (Å²) in [6, 6.07) is -3.22. The van der Waals surface area contributed by atoms with Gasteiger partial charge < -0.3 is 38.5 Å². The smallest absolute Gasteiger partial charge is 0.243 e. The summed E-state index contributed by atoms with van der Waals surface area (Å²) >= 11 is 0. The molecule has 0 aromatic heterocycles. The van der Waals surface area contributed by atoms with Crippen molar-refractivity contribution in [3.05, 3.63) is 0 Å². The molecule has 182 valence electrons. The topological polar surface area (TPSA) is 229 Å². The molecule has 0 radical (unpaired) electrons. The predicted octanol–water partition coefficient (Wildman–Crippen LogP) is -3.28. The molecule has 0 heterocycles. The summed E-state index contributed by atoms with van der Waals surface area (Å²) < 4.78 is 0. The number of carbonyl (C=O) groups excluding carboxylic acids is 6. The first-order valence-corrected chi connectivity index (χ1v) is 10.3. The summed E-state index contributed by atoms with van der Waals surface area (Å²) in [5.74, 6) is -4.53. The molecular formula is C19H35N7O6. The first-order valence-electron chi connectivity index (χ1n) is 10.3. The number of rotatable bonds is 15. The van der Waals surface area contributed by atoms with E-state index in [1.165, 1.54) is 6.92 Å². The van der Waals surface area contributed by atoms with E-state index in [2.05, 4.69) is 21.3 Å². The minimum atomic E-state index is -1.36. The van der Waals surface area contributed by atoms with Crippen LogP contribution in [0, 0.1) is 5.92 Å². The molecule has 6 amide bonds. The highest BCUT2D eigenvalue weighted by Crippen LogP contribution is 2.04. The highest BCUT2D eigenvalue weighted by Gasteiger charge is 2.29. The fourth-order valence-electron chi connectivity index (χ4n) is 2.74. The Morgan fingerprint density at radius 3 is 1.94 bits per heavy atom. The van der Waals surface area contributed by atoms with E-state index in [9.17, 15) is 28.8 Å². The van der Waals surface area contributed by atoms with E-state index < -0.39 is 66.5 Å². The third-order valence-electron chi connectivity index (χ3n) is 4.39. The van der Waals surface area contributed by atoms with Crippen LogP contribution in [0.5, 0.6) is 0 Å². The SMILES string of the molecule is CC(=O)N[C@H](C(=O)N[C@H](CC(N)=O)C(=O)NCC(=O)N[C@@H](CCCCN)C(N)=O)C(C)C. The van der Waals surface area contributed by atoms with Crippen molar-refractivity contribution in [2.45, 2.75) is 64.6 Å². The van der Waals surface area contributed by atoms with Gasteiger partial charge in [-0.2, -0.15) is 0 Å². The Hall–Kier alpha value is -3.22. The maximum absolute atomic E-state index is 12.5. The summed E-state index contributed by atoms with van der Waals surface area (Å²) in [7, 11) is 0. The van der Waals surface area contributed by atoms with E-state index in [0.717, 1.165) is 0 Å². The van der Waals surface area contributed by atoms with Crippen LogP contribution in [0.25, 0.3) is 0 Å². The van der Waals surface area contributed by atoms with E-state index in [4.69, 9.17) is 17.2 Å². The molecule has 0 aliphatic rings. The van der Waals surface area contributed by atoms with Crippen LogP contribution in [-0.2, 0) is 28.8 Å². The normalized spacial score (nSPS) is 13.4. The van der Waals surface area contributed by atoms with Crippen molar-refractivity contribution < 1.29 is 28.8 Å². The van der Waals surface area contributed by atoms with Gasteiger partial charge in [0.2, 0.25) is 35.4 Å². The summed E-state index contributed by atoms with van der Waals surface area (Å²) in [6.07, 6.45) is 1.01. The lowest BCUT2D eigenvalue weighted by Crippen LogP contribution is -2.56. The number of hydrogen-bond donors (Lipinski definition) is 7. The first-order chi connectivity index (χ1) is 14.9. The number of amides is 6. The standard InChI is InChI=1S/C19H35N7O6/c1-10(2)16(24-11(3)27)19(32)26-13(8-14(21)28)18(31)23-9-15(29)25-12(17(22)30)6-4-5-7-20/h10,12-13,16H,4-9,20H2,1-3H3,(H2,21,28)(H2,22,30)(H,23,31)(H,24,27)(H,25,29)(H,26,32)/t12-,13+,16-/m0/s1. The van der Waals surface area contributed by atoms with Crippen molar-refractivity contribution in [2.75, 3.05) is 13.1 Å². The number of unbranched alkanes of at least 4 members (excludes halogenated alkanes) is 1. The summed E-state index contributed by atoms with van der Waals surface area (Å²) in [5, 5.41) is 9.52. The minimum absolute atomic E-state index is 0.298. The van der Waals surface area contributed by atoms with E-state index in [1.54, 1.807) is 13.8 Å². The lowest BCUT2D eigenvalue weighted by atomic mass is 10.0. The highest BCUT2D eigenvalue weighted by atomic mass is 16.2. The zero-order valence-electron chi connectivity index (χ0n) is 18.7. The average Bonchev–Trinajstić information content (AvgIpc) is 2.68. The Morgan fingerprint density at radius 2 is 1.47 bits per heavy atom. The van der Waals surface area contributed by atoms with Crippen LogP contribution >= 0.6 is 0 Å². The predicted molar refractivity (Wildman–Crippen MR) is 115 cm³/mol. The van der Waals surface area contributed by atoms with E-state index in [-0.39, 0.29) is 5.92 Å². The Balaban J connectivity index is 5.01. The number of primary amides is 2. The van der Waals surface area contributed by atoms with Gasteiger partial charge in [0.1, 0.15) is 18.1 Å². The van der Waals surface area contributed by atoms with Crippen molar-refractivity contribution >= 4 is 35.4 Å². The monoisotopic (exact) mass is 457 g/mol. The molecule has 13 heteroatoms. The third kappa shape index (κ3) is 11.8. The second-order valence-electron chi connectivity index (χ2n) is 7.68. The van der Waals surface area contributed by atoms with Crippen LogP contribution in [0.3, 0.4) is 0 Å². The number of hydrogen-bond acceptors (Lipinski definition) is 7. The maximum atomic E-state index is 12.5. The molecule has 13 nitrogen and oxygen atoms in total. The van der Waals surface area contributed by atoms with Crippen LogP contribution in [0.4, 0.5) is 0 Å². The van der Waals surface area contributed by atoms with Crippen molar-refractivity contribution in [1.29, 1.82) is 0 Å². The van der Waals surface area contributed by atoms with Crippen LogP contribution in [0.15, 0.2) is 0 Å². The zero-order valence-corrected chi connectivity index (χ0v) is 18.7. The van der Waals surface area contributed by atoms with Crippen molar-refractivity contribution in [1.82, 2.24) is 21.3 Å². The van der Waals surface area contributed by atoms with Gasteiger partial charge in [0, 0.05) is 6.92 Å². The maximum Gasteiger partial charge on any atom is 0.243 e. The quantitative estimate of drug-likeness (QED) is 0.124. The molecule has 3 atom stereocenters. The number of nitrogens with one attached hydrogen (secondary N) is 4. The van der Waals surface area contributed by atoms with Crippen molar-refractivity contribution in [3.63, 3.8) is 0 Å². The summed E-state index contributed by atoms with van der Waals surface area (Å²) in [5.41, 5.74) is 15.8. The Kier molecular flexibility index (Phi) is 13.2. The Labute approximate surface area is 186 Å². The lowest BCUT2D eigenvalue weighted by Gasteiger charge is -2.24. The van der Waals surface area contributed by atoms with Gasteiger partial charge in [-0.3, -0.25) is 28.8 Å². The molecule has 0 aromatic carbocycles. The Bertz CT molecular complexity index is 698. The molecule has 10 N–H and O–H groups in total. The molecule has 0 bridgehead atoms. The second-order valence-corrected chi connectivity index (χ2v) is 7.68.